The molecule has 1 amide bonds. The van der Waals surface area contributed by atoms with Crippen LogP contribution in [0.1, 0.15) is 20.8 Å². The molecule has 0 atom stereocenters. The Labute approximate surface area is 119 Å². The Morgan fingerprint density at radius 3 is 2.67 bits per heavy atom. The number of carbonyl (C=O) groups excluding carboxylic acids is 1. The van der Waals surface area contributed by atoms with Crippen LogP contribution in [-0.4, -0.2) is 29.1 Å². The summed E-state index contributed by atoms with van der Waals surface area (Å²) in [4.78, 5) is 26.5. The molecule has 0 aliphatic heterocycles. The van der Waals surface area contributed by atoms with E-state index in [-0.39, 0.29) is 22.8 Å². The van der Waals surface area contributed by atoms with Gasteiger partial charge in [-0.3, -0.25) is 4.79 Å². The lowest BCUT2D eigenvalue weighted by Gasteiger charge is -2.07. The first-order chi connectivity index (χ1) is 10.0. The molecule has 6 nitrogen and oxygen atoms in total. The Balaban J connectivity index is 2.20. The molecule has 2 N–H and O–H groups in total. The van der Waals surface area contributed by atoms with E-state index < -0.39 is 17.7 Å². The predicted octanol–water partition coefficient (Wildman–Crippen LogP) is 2.18. The number of carboxylic acids is 1. The summed E-state index contributed by atoms with van der Waals surface area (Å²) < 4.78 is 18.3. The number of nitrogens with one attached hydrogen (secondary N) is 1. The smallest absolute Gasteiger partial charge is 0.354 e. The zero-order chi connectivity index (χ0) is 15.4. The second kappa shape index (κ2) is 6.00. The summed E-state index contributed by atoms with van der Waals surface area (Å²) in [6.07, 6.45) is 0. The molecule has 1 aromatic carbocycles. The Kier molecular flexibility index (Phi) is 4.13. The van der Waals surface area contributed by atoms with Crippen molar-refractivity contribution in [3.8, 4) is 5.75 Å². The Morgan fingerprint density at radius 2 is 2.05 bits per heavy atom. The maximum Gasteiger partial charge on any atom is 0.354 e. The van der Waals surface area contributed by atoms with Crippen LogP contribution in [0.15, 0.2) is 36.4 Å². The highest BCUT2D eigenvalue weighted by Crippen LogP contribution is 2.18. The quantitative estimate of drug-likeness (QED) is 0.901. The van der Waals surface area contributed by atoms with E-state index in [2.05, 4.69) is 10.3 Å². The molecule has 0 saturated carbocycles. The van der Waals surface area contributed by atoms with Gasteiger partial charge in [0.1, 0.15) is 5.82 Å². The van der Waals surface area contributed by atoms with Gasteiger partial charge in [-0.15, -0.1) is 0 Å². The van der Waals surface area contributed by atoms with Crippen molar-refractivity contribution in [2.24, 2.45) is 0 Å². The number of pyridine rings is 1. The number of methoxy groups -OCH3 is 1. The van der Waals surface area contributed by atoms with E-state index in [0.717, 1.165) is 6.07 Å². The van der Waals surface area contributed by atoms with Crippen LogP contribution in [0.5, 0.6) is 5.75 Å². The normalized spacial score (nSPS) is 10.0. The van der Waals surface area contributed by atoms with Crippen LogP contribution in [0.25, 0.3) is 0 Å². The van der Waals surface area contributed by atoms with Gasteiger partial charge in [0.25, 0.3) is 5.91 Å². The van der Waals surface area contributed by atoms with E-state index in [4.69, 9.17) is 9.84 Å². The number of carboxylic acid groups (broad SMARTS) is 1. The maximum absolute atomic E-state index is 13.5. The summed E-state index contributed by atoms with van der Waals surface area (Å²) >= 11 is 0. The number of aromatic carboxylic acids is 1. The van der Waals surface area contributed by atoms with Crippen molar-refractivity contribution in [2.45, 2.75) is 0 Å². The molecule has 21 heavy (non-hydrogen) atoms. The molecule has 0 fully saturated rings. The summed E-state index contributed by atoms with van der Waals surface area (Å²) in [5.74, 6) is -2.39. The molecular weight excluding hydrogens is 279 g/mol. The average molecular weight is 290 g/mol. The summed E-state index contributed by atoms with van der Waals surface area (Å²) in [7, 11) is 1.32. The fourth-order valence-electron chi connectivity index (χ4n) is 1.62. The summed E-state index contributed by atoms with van der Waals surface area (Å²) in [5, 5.41) is 11.2. The monoisotopic (exact) mass is 290 g/mol. The van der Waals surface area contributed by atoms with Gasteiger partial charge in [-0.1, -0.05) is 6.07 Å². The highest BCUT2D eigenvalue weighted by atomic mass is 19.1. The minimum Gasteiger partial charge on any atom is -0.494 e. The second-order valence-electron chi connectivity index (χ2n) is 4.02. The number of halogens is 1. The number of ether oxygens (including phenoxy) is 1. The second-order valence-corrected chi connectivity index (χ2v) is 4.02. The van der Waals surface area contributed by atoms with Gasteiger partial charge in [0, 0.05) is 5.56 Å². The fraction of sp³-hybridized carbons (Fsp3) is 0.0714. The highest BCUT2D eigenvalue weighted by Gasteiger charge is 2.12. The lowest BCUT2D eigenvalue weighted by molar-refractivity contribution is 0.0690. The van der Waals surface area contributed by atoms with E-state index >= 15 is 0 Å². The molecule has 0 radical (unpaired) electrons. The third-order valence-corrected chi connectivity index (χ3v) is 2.62. The first kappa shape index (κ1) is 14.4. The topological polar surface area (TPSA) is 88.5 Å². The van der Waals surface area contributed by atoms with E-state index in [1.165, 1.54) is 37.4 Å². The summed E-state index contributed by atoms with van der Waals surface area (Å²) in [6.45, 7) is 0. The minimum atomic E-state index is -1.21. The predicted molar refractivity (Wildman–Crippen MR) is 72.1 cm³/mol. The molecule has 1 aromatic heterocycles. The van der Waals surface area contributed by atoms with Crippen LogP contribution < -0.4 is 10.1 Å². The van der Waals surface area contributed by atoms with Crippen molar-refractivity contribution in [3.63, 3.8) is 0 Å². The van der Waals surface area contributed by atoms with Gasteiger partial charge < -0.3 is 15.2 Å². The van der Waals surface area contributed by atoms with Crippen LogP contribution in [0.2, 0.25) is 0 Å². The lowest BCUT2D eigenvalue weighted by atomic mass is 10.2. The third kappa shape index (κ3) is 3.33. The number of aromatic nitrogens is 1. The fourth-order valence-corrected chi connectivity index (χ4v) is 1.62. The van der Waals surface area contributed by atoms with Gasteiger partial charge in [-0.2, -0.15) is 0 Å². The zero-order valence-corrected chi connectivity index (χ0v) is 11.0. The van der Waals surface area contributed by atoms with E-state index in [1.54, 1.807) is 0 Å². The molecule has 1 heterocycles. The number of benzene rings is 1. The van der Waals surface area contributed by atoms with Gasteiger partial charge in [0.2, 0.25) is 0 Å². The number of nitrogens with zero attached hydrogens (tertiary/aromatic N) is 1. The molecule has 0 aliphatic rings. The number of hydrogen-bond donors (Lipinski definition) is 2. The SMILES string of the molecule is COc1ccc(C(=O)Nc2cccc(C(=O)O)n2)cc1F. The van der Waals surface area contributed by atoms with Crippen molar-refractivity contribution in [1.82, 2.24) is 4.98 Å². The van der Waals surface area contributed by atoms with E-state index in [9.17, 15) is 14.0 Å². The van der Waals surface area contributed by atoms with Crippen molar-refractivity contribution in [3.05, 3.63) is 53.5 Å². The number of anilines is 1. The summed E-state index contributed by atoms with van der Waals surface area (Å²) in [5.41, 5.74) is -0.135. The molecule has 108 valence electrons. The summed E-state index contributed by atoms with van der Waals surface area (Å²) in [6, 6.07) is 7.91. The first-order valence-corrected chi connectivity index (χ1v) is 5.86. The Bertz CT molecular complexity index is 703. The van der Waals surface area contributed by atoms with Gasteiger partial charge in [0.15, 0.2) is 17.3 Å². The molecule has 0 spiro atoms. The van der Waals surface area contributed by atoms with Crippen LogP contribution in [-0.2, 0) is 0 Å². The number of hydrogen-bond acceptors (Lipinski definition) is 4. The molecule has 0 aliphatic carbocycles. The first-order valence-electron chi connectivity index (χ1n) is 5.86. The minimum absolute atomic E-state index is 0.0255. The van der Waals surface area contributed by atoms with Crippen LogP contribution in [0.3, 0.4) is 0 Å². The van der Waals surface area contributed by atoms with E-state index in [0.29, 0.717) is 0 Å². The third-order valence-electron chi connectivity index (χ3n) is 2.62. The zero-order valence-electron chi connectivity index (χ0n) is 11.0. The highest BCUT2D eigenvalue weighted by molar-refractivity contribution is 6.04. The van der Waals surface area contributed by atoms with Crippen LogP contribution in [0, 0.1) is 5.82 Å². The molecule has 7 heteroatoms. The van der Waals surface area contributed by atoms with Crippen LogP contribution in [0.4, 0.5) is 10.2 Å². The molecule has 2 rings (SSSR count). The number of rotatable bonds is 4. The van der Waals surface area contributed by atoms with Gasteiger partial charge >= 0.3 is 5.97 Å². The van der Waals surface area contributed by atoms with Gasteiger partial charge in [-0.25, -0.2) is 14.2 Å². The van der Waals surface area contributed by atoms with E-state index in [1.807, 2.05) is 0 Å². The lowest BCUT2D eigenvalue weighted by Crippen LogP contribution is -2.14. The molecule has 0 unspecified atom stereocenters. The van der Waals surface area contributed by atoms with Crippen molar-refractivity contribution in [1.29, 1.82) is 0 Å². The average Bonchev–Trinajstić information content (AvgIpc) is 2.47. The Morgan fingerprint density at radius 1 is 1.29 bits per heavy atom. The largest absolute Gasteiger partial charge is 0.494 e. The molecule has 0 saturated heterocycles. The number of amides is 1. The van der Waals surface area contributed by atoms with Crippen molar-refractivity contribution >= 4 is 17.7 Å². The molecular formula is C14H11FN2O4. The Hall–Kier alpha value is -2.96. The standard InChI is InChI=1S/C14H11FN2O4/c1-21-11-6-5-8(7-9(11)15)13(18)17-12-4-2-3-10(16-12)14(19)20/h2-7H,1H3,(H,19,20)(H,16,17,18). The van der Waals surface area contributed by atoms with Gasteiger partial charge in [-0.05, 0) is 30.3 Å². The van der Waals surface area contributed by atoms with Crippen LogP contribution >= 0.6 is 0 Å². The molecule has 0 bridgehead atoms. The van der Waals surface area contributed by atoms with Crippen molar-refractivity contribution < 1.29 is 23.8 Å². The number of carbonyl (C=O) groups is 2. The molecule has 2 aromatic rings. The maximum atomic E-state index is 13.5. The van der Waals surface area contributed by atoms with Gasteiger partial charge in [0.05, 0.1) is 7.11 Å². The van der Waals surface area contributed by atoms with Crippen molar-refractivity contribution in [2.75, 3.05) is 12.4 Å².